The number of unbranched alkanes of at least 4 members (excludes halogenated alkanes) is 1. The van der Waals surface area contributed by atoms with Gasteiger partial charge in [-0.3, -0.25) is 19.4 Å². The van der Waals surface area contributed by atoms with Crippen molar-refractivity contribution in [1.29, 1.82) is 0 Å². The molecule has 6 aromatic rings. The Morgan fingerprint density at radius 3 is 1.87 bits per heavy atom. The van der Waals surface area contributed by atoms with Gasteiger partial charge >= 0.3 is 0 Å². The Bertz CT molecular complexity index is 2620. The summed E-state index contributed by atoms with van der Waals surface area (Å²) in [7, 11) is 0. The van der Waals surface area contributed by atoms with E-state index in [1.807, 2.05) is 98.8 Å². The lowest BCUT2D eigenvalue weighted by atomic mass is 9.92. The molecule has 0 radical (unpaired) electrons. The number of rotatable bonds is 26. The lowest BCUT2D eigenvalue weighted by molar-refractivity contribution is -0.133. The summed E-state index contributed by atoms with van der Waals surface area (Å²) in [6.45, 7) is 9.23. The molecular weight excluding hydrogens is 928 g/mol. The number of guanidine groups is 1. The first-order valence-corrected chi connectivity index (χ1v) is 23.8. The largest absolute Gasteiger partial charge is 0.493 e. The van der Waals surface area contributed by atoms with Crippen LogP contribution in [0.1, 0.15) is 95.9 Å². The van der Waals surface area contributed by atoms with Gasteiger partial charge < -0.3 is 47.0 Å². The molecule has 0 aliphatic carbocycles. The molecule has 0 spiro atoms. The van der Waals surface area contributed by atoms with Crippen LogP contribution in [0.25, 0.3) is 32.7 Å². The number of amides is 3. The predicted molar refractivity (Wildman–Crippen MR) is 285 cm³/mol. The molecule has 0 saturated carbocycles. The number of hydrogen-bond acceptors (Lipinski definition) is 9. The van der Waals surface area contributed by atoms with E-state index >= 15 is 0 Å². The van der Waals surface area contributed by atoms with Crippen LogP contribution in [0.4, 0.5) is 0 Å². The molecule has 376 valence electrons. The number of ether oxygens (including phenoxy) is 2. The molecule has 0 unspecified atom stereocenters. The van der Waals surface area contributed by atoms with Gasteiger partial charge in [-0.2, -0.15) is 0 Å². The fourth-order valence-corrected chi connectivity index (χ4v) is 8.18. The smallest absolute Gasteiger partial charge is 0.258 e. The van der Waals surface area contributed by atoms with Crippen molar-refractivity contribution in [2.45, 2.75) is 97.2 Å². The molecule has 6 rings (SSSR count). The Labute approximate surface area is 424 Å². The van der Waals surface area contributed by atoms with E-state index in [0.29, 0.717) is 74.3 Å². The van der Waals surface area contributed by atoms with Crippen LogP contribution in [0.15, 0.2) is 119 Å². The van der Waals surface area contributed by atoms with E-state index < -0.39 is 35.8 Å². The van der Waals surface area contributed by atoms with Crippen LogP contribution in [-0.2, 0) is 20.8 Å². The number of carbonyl (C=O) groups excluding carboxylic acids is 3. The maximum atomic E-state index is 14.3. The number of nitrogens with zero attached hydrogens (tertiary/aromatic N) is 2. The summed E-state index contributed by atoms with van der Waals surface area (Å²) < 4.78 is 19.1. The minimum Gasteiger partial charge on any atom is -0.493 e. The number of carbonyl (C=O) groups is 3. The van der Waals surface area contributed by atoms with Crippen molar-refractivity contribution >= 4 is 70.0 Å². The SMILES string of the molecule is CC(C)CCOc1ccc2ccccc2c1-c1c(OCC(=O)N[C@H](CCCCN)C(=O)N[C@H](CCCN=C(N)N)C(=O)N[C@@H](CC(C)C)c2ncc(Cc3ccccc3)o2)ccc2ccccc12.Cl.Cl. The fraction of sp³-hybridized carbons (Fsp3) is 0.389. The minimum atomic E-state index is -1.01. The van der Waals surface area contributed by atoms with E-state index in [-0.39, 0.29) is 62.7 Å². The first-order chi connectivity index (χ1) is 32.9. The van der Waals surface area contributed by atoms with Gasteiger partial charge in [0.2, 0.25) is 17.7 Å². The summed E-state index contributed by atoms with van der Waals surface area (Å²) >= 11 is 0. The molecule has 5 aromatic carbocycles. The molecule has 0 aliphatic rings. The summed E-state index contributed by atoms with van der Waals surface area (Å²) in [5, 5.41) is 12.9. The molecule has 70 heavy (non-hydrogen) atoms. The third-order valence-corrected chi connectivity index (χ3v) is 11.6. The van der Waals surface area contributed by atoms with Gasteiger partial charge in [-0.05, 0) is 103 Å². The predicted octanol–water partition coefficient (Wildman–Crippen LogP) is 8.94. The monoisotopic (exact) mass is 996 g/mol. The van der Waals surface area contributed by atoms with E-state index in [4.69, 9.17) is 31.1 Å². The number of nitrogens with one attached hydrogen (secondary N) is 3. The van der Waals surface area contributed by atoms with Crippen molar-refractivity contribution in [3.05, 3.63) is 127 Å². The first-order valence-electron chi connectivity index (χ1n) is 23.8. The number of nitrogens with two attached hydrogens (primary N) is 3. The Hall–Kier alpha value is -6.35. The first kappa shape index (κ1) is 56.2. The number of oxazole rings is 1. The number of hydrogen-bond donors (Lipinski definition) is 6. The molecule has 16 heteroatoms. The molecule has 0 bridgehead atoms. The van der Waals surface area contributed by atoms with Gasteiger partial charge in [-0.15, -0.1) is 24.8 Å². The van der Waals surface area contributed by atoms with Crippen LogP contribution >= 0.6 is 24.8 Å². The minimum absolute atomic E-state index is 0. The Morgan fingerprint density at radius 1 is 0.671 bits per heavy atom. The molecule has 0 saturated heterocycles. The van der Waals surface area contributed by atoms with Gasteiger partial charge in [0, 0.05) is 24.1 Å². The van der Waals surface area contributed by atoms with Crippen LogP contribution in [-0.4, -0.2) is 67.1 Å². The van der Waals surface area contributed by atoms with Crippen LogP contribution in [0.2, 0.25) is 0 Å². The normalized spacial score (nSPS) is 12.3. The topological polar surface area (TPSA) is 222 Å². The maximum absolute atomic E-state index is 14.3. The fourth-order valence-electron chi connectivity index (χ4n) is 8.18. The highest BCUT2D eigenvalue weighted by atomic mass is 35.5. The summed E-state index contributed by atoms with van der Waals surface area (Å²) in [5.41, 5.74) is 19.8. The van der Waals surface area contributed by atoms with E-state index in [1.165, 1.54) is 0 Å². The zero-order valence-electron chi connectivity index (χ0n) is 40.7. The second-order valence-electron chi connectivity index (χ2n) is 18.1. The molecule has 1 heterocycles. The average Bonchev–Trinajstić information content (AvgIpc) is 3.79. The van der Waals surface area contributed by atoms with Crippen LogP contribution < -0.4 is 42.6 Å². The summed E-state index contributed by atoms with van der Waals surface area (Å²) in [4.78, 5) is 51.2. The Balaban J connectivity index is 0.00000533. The number of aliphatic imine (C=N–C) groups is 1. The summed E-state index contributed by atoms with van der Waals surface area (Å²) in [6.07, 6.45) is 5.71. The van der Waals surface area contributed by atoms with Crippen molar-refractivity contribution in [1.82, 2.24) is 20.9 Å². The van der Waals surface area contributed by atoms with E-state index in [0.717, 1.165) is 44.7 Å². The lowest BCUT2D eigenvalue weighted by Gasteiger charge is -2.25. The number of fused-ring (bicyclic) bond motifs is 2. The lowest BCUT2D eigenvalue weighted by Crippen LogP contribution is -2.54. The van der Waals surface area contributed by atoms with Gasteiger partial charge in [0.25, 0.3) is 5.91 Å². The maximum Gasteiger partial charge on any atom is 0.258 e. The molecule has 9 N–H and O–H groups in total. The number of benzene rings is 5. The second-order valence-corrected chi connectivity index (χ2v) is 18.1. The molecule has 14 nitrogen and oxygen atoms in total. The molecular formula is C54H70Cl2N8O6. The molecule has 0 fully saturated rings. The Morgan fingerprint density at radius 2 is 1.26 bits per heavy atom. The second kappa shape index (κ2) is 28.3. The molecule has 1 aromatic heterocycles. The quantitative estimate of drug-likeness (QED) is 0.0172. The highest BCUT2D eigenvalue weighted by Crippen LogP contribution is 2.45. The molecule has 0 aliphatic heterocycles. The summed E-state index contributed by atoms with van der Waals surface area (Å²) in [6, 6.07) is 31.4. The third kappa shape index (κ3) is 16.4. The van der Waals surface area contributed by atoms with E-state index in [9.17, 15) is 14.4 Å². The van der Waals surface area contributed by atoms with E-state index in [2.05, 4.69) is 58.0 Å². The average molecular weight is 998 g/mol. The van der Waals surface area contributed by atoms with Crippen LogP contribution in [0.5, 0.6) is 11.5 Å². The van der Waals surface area contributed by atoms with Crippen molar-refractivity contribution in [3.8, 4) is 22.6 Å². The summed E-state index contributed by atoms with van der Waals surface area (Å²) in [5.74, 6) is 1.33. The highest BCUT2D eigenvalue weighted by Gasteiger charge is 2.30. The van der Waals surface area contributed by atoms with Gasteiger partial charge in [0.05, 0.1) is 12.8 Å². The zero-order chi connectivity index (χ0) is 48.4. The highest BCUT2D eigenvalue weighted by molar-refractivity contribution is 6.10. The van der Waals surface area contributed by atoms with Gasteiger partial charge in [0.1, 0.15) is 35.4 Å². The Kier molecular flexibility index (Phi) is 22.8. The van der Waals surface area contributed by atoms with Gasteiger partial charge in [-0.25, -0.2) is 4.98 Å². The zero-order valence-corrected chi connectivity index (χ0v) is 42.3. The number of halogens is 2. The van der Waals surface area contributed by atoms with Gasteiger partial charge in [-0.1, -0.05) is 119 Å². The standard InChI is InChI=1S/C54H68N8O6.2ClH/c1-35(2)27-30-66-46-25-23-38-17-8-10-19-41(38)49(46)50-42-20-11-9-18-39(42)24-26-47(50)67-34-48(63)60-43(21-12-13-28-55)51(64)61-44(22-14-29-58-54(56)57)52(65)62-45(31-36(3)4)53-59-33-40(68-53)32-37-15-6-5-7-16-37;;/h5-11,15-20,23-26,33,35-36,43-45H,12-14,21-22,27-32,34,55H2,1-4H3,(H,60,63)(H,61,64)(H,62,65)(H4,56,57,58);2*1H/t43-,44-,45+;;/m1../s1. The van der Waals surface area contributed by atoms with Crippen LogP contribution in [0.3, 0.4) is 0 Å². The van der Waals surface area contributed by atoms with Crippen molar-refractivity contribution in [2.24, 2.45) is 34.0 Å². The molecule has 3 atom stereocenters. The van der Waals surface area contributed by atoms with Gasteiger partial charge in [0.15, 0.2) is 12.6 Å². The van der Waals surface area contributed by atoms with E-state index in [1.54, 1.807) is 6.20 Å². The molecule has 3 amide bonds. The van der Waals surface area contributed by atoms with Crippen molar-refractivity contribution in [3.63, 3.8) is 0 Å². The number of aromatic nitrogens is 1. The third-order valence-electron chi connectivity index (χ3n) is 11.6. The van der Waals surface area contributed by atoms with Crippen molar-refractivity contribution in [2.75, 3.05) is 26.3 Å². The van der Waals surface area contributed by atoms with Crippen molar-refractivity contribution < 1.29 is 28.3 Å². The van der Waals surface area contributed by atoms with Crippen LogP contribution in [0, 0.1) is 11.8 Å².